The van der Waals surface area contributed by atoms with E-state index in [1.165, 1.54) is 6.92 Å². The second kappa shape index (κ2) is 7.46. The first-order valence-electron chi connectivity index (χ1n) is 7.75. The maximum absolute atomic E-state index is 12.3. The van der Waals surface area contributed by atoms with E-state index in [1.807, 2.05) is 0 Å². The van der Waals surface area contributed by atoms with Crippen molar-refractivity contribution in [2.45, 2.75) is 57.9 Å². The average molecular weight is 279 g/mol. The van der Waals surface area contributed by atoms with Crippen molar-refractivity contribution >= 4 is 11.9 Å². The van der Waals surface area contributed by atoms with Crippen LogP contribution in [0.2, 0.25) is 0 Å². The Morgan fingerprint density at radius 3 is 2.60 bits per heavy atom. The fourth-order valence-corrected chi connectivity index (χ4v) is 3.18. The zero-order valence-corrected chi connectivity index (χ0v) is 12.3. The molecule has 0 radical (unpaired) electrons. The van der Waals surface area contributed by atoms with Crippen LogP contribution in [0.5, 0.6) is 0 Å². The van der Waals surface area contributed by atoms with Crippen LogP contribution in [0.1, 0.15) is 51.9 Å². The smallest absolute Gasteiger partial charge is 0.328 e. The van der Waals surface area contributed by atoms with Gasteiger partial charge in [-0.15, -0.1) is 0 Å². The second-order valence-corrected chi connectivity index (χ2v) is 6.00. The van der Waals surface area contributed by atoms with Crippen LogP contribution in [0, 0.1) is 11.8 Å². The SMILES string of the molecule is CC(=O)NC(C(=O)OCC1CC=CCC1)C1CCCC1. The molecule has 2 aliphatic rings. The van der Waals surface area contributed by atoms with Gasteiger partial charge in [-0.3, -0.25) is 4.79 Å². The zero-order chi connectivity index (χ0) is 14.4. The van der Waals surface area contributed by atoms with E-state index in [9.17, 15) is 9.59 Å². The first-order valence-corrected chi connectivity index (χ1v) is 7.75. The van der Waals surface area contributed by atoms with Crippen molar-refractivity contribution in [3.63, 3.8) is 0 Å². The first-order chi connectivity index (χ1) is 9.66. The number of ether oxygens (including phenoxy) is 1. The molecule has 0 aliphatic heterocycles. The summed E-state index contributed by atoms with van der Waals surface area (Å²) in [4.78, 5) is 23.5. The van der Waals surface area contributed by atoms with Crippen molar-refractivity contribution in [2.75, 3.05) is 6.61 Å². The maximum atomic E-state index is 12.3. The van der Waals surface area contributed by atoms with Gasteiger partial charge in [-0.05, 0) is 43.9 Å². The van der Waals surface area contributed by atoms with Gasteiger partial charge < -0.3 is 10.1 Å². The number of hydrogen-bond donors (Lipinski definition) is 1. The van der Waals surface area contributed by atoms with E-state index >= 15 is 0 Å². The Balaban J connectivity index is 1.84. The van der Waals surface area contributed by atoms with Crippen molar-refractivity contribution in [1.82, 2.24) is 5.32 Å². The van der Waals surface area contributed by atoms with Crippen molar-refractivity contribution < 1.29 is 14.3 Å². The molecule has 1 saturated carbocycles. The van der Waals surface area contributed by atoms with Gasteiger partial charge in [0.25, 0.3) is 0 Å². The highest BCUT2D eigenvalue weighted by Crippen LogP contribution is 2.28. The van der Waals surface area contributed by atoms with E-state index in [2.05, 4.69) is 17.5 Å². The molecule has 0 heterocycles. The lowest BCUT2D eigenvalue weighted by Gasteiger charge is -2.24. The number of amides is 1. The summed E-state index contributed by atoms with van der Waals surface area (Å²) in [6.45, 7) is 1.94. The summed E-state index contributed by atoms with van der Waals surface area (Å²) < 4.78 is 5.47. The standard InChI is InChI=1S/C16H25NO3/c1-12(18)17-15(14-9-5-6-10-14)16(19)20-11-13-7-3-2-4-8-13/h2-3,13-15H,4-11H2,1H3,(H,17,18). The Labute approximate surface area is 120 Å². The Bertz CT molecular complexity index is 372. The van der Waals surface area contributed by atoms with Crippen molar-refractivity contribution in [3.8, 4) is 0 Å². The summed E-state index contributed by atoms with van der Waals surface area (Å²) in [5, 5.41) is 2.78. The van der Waals surface area contributed by atoms with E-state index in [0.717, 1.165) is 44.9 Å². The second-order valence-electron chi connectivity index (χ2n) is 6.00. The zero-order valence-electron chi connectivity index (χ0n) is 12.3. The molecular formula is C16H25NO3. The van der Waals surface area contributed by atoms with Gasteiger partial charge in [-0.1, -0.05) is 25.0 Å². The molecule has 20 heavy (non-hydrogen) atoms. The minimum Gasteiger partial charge on any atom is -0.464 e. The molecular weight excluding hydrogens is 254 g/mol. The molecule has 0 aromatic rings. The summed E-state index contributed by atoms with van der Waals surface area (Å²) in [5.41, 5.74) is 0. The quantitative estimate of drug-likeness (QED) is 0.621. The van der Waals surface area contributed by atoms with Gasteiger partial charge in [-0.2, -0.15) is 0 Å². The van der Waals surface area contributed by atoms with Crippen LogP contribution in [-0.2, 0) is 14.3 Å². The average Bonchev–Trinajstić information content (AvgIpc) is 2.97. The van der Waals surface area contributed by atoms with Gasteiger partial charge in [-0.25, -0.2) is 4.79 Å². The first kappa shape index (κ1) is 15.1. The molecule has 0 saturated heterocycles. The van der Waals surface area contributed by atoms with E-state index in [0.29, 0.717) is 12.5 Å². The van der Waals surface area contributed by atoms with Gasteiger partial charge in [0.1, 0.15) is 6.04 Å². The Morgan fingerprint density at radius 2 is 2.00 bits per heavy atom. The number of carbonyl (C=O) groups is 2. The molecule has 2 rings (SSSR count). The van der Waals surface area contributed by atoms with Crippen LogP contribution in [0.3, 0.4) is 0 Å². The van der Waals surface area contributed by atoms with E-state index in [4.69, 9.17) is 4.74 Å². The molecule has 1 amide bonds. The van der Waals surface area contributed by atoms with Gasteiger partial charge in [0, 0.05) is 6.92 Å². The van der Waals surface area contributed by atoms with Gasteiger partial charge >= 0.3 is 5.97 Å². The van der Waals surface area contributed by atoms with Crippen LogP contribution in [0.15, 0.2) is 12.2 Å². The Kier molecular flexibility index (Phi) is 5.62. The largest absolute Gasteiger partial charge is 0.464 e. The Hall–Kier alpha value is -1.32. The lowest BCUT2D eigenvalue weighted by atomic mass is 9.95. The lowest BCUT2D eigenvalue weighted by Crippen LogP contribution is -2.45. The summed E-state index contributed by atoms with van der Waals surface area (Å²) >= 11 is 0. The van der Waals surface area contributed by atoms with Crippen LogP contribution in [0.4, 0.5) is 0 Å². The molecule has 0 spiro atoms. The highest BCUT2D eigenvalue weighted by molar-refractivity contribution is 5.83. The molecule has 4 heteroatoms. The minimum atomic E-state index is -0.450. The molecule has 0 aromatic carbocycles. The summed E-state index contributed by atoms with van der Waals surface area (Å²) in [7, 11) is 0. The van der Waals surface area contributed by atoms with Crippen LogP contribution in [-0.4, -0.2) is 24.5 Å². The predicted molar refractivity (Wildman–Crippen MR) is 77.0 cm³/mol. The maximum Gasteiger partial charge on any atom is 0.328 e. The molecule has 112 valence electrons. The number of rotatable bonds is 5. The topological polar surface area (TPSA) is 55.4 Å². The van der Waals surface area contributed by atoms with Crippen molar-refractivity contribution in [1.29, 1.82) is 0 Å². The van der Waals surface area contributed by atoms with Crippen LogP contribution >= 0.6 is 0 Å². The number of esters is 1. The fraction of sp³-hybridized carbons (Fsp3) is 0.750. The summed E-state index contributed by atoms with van der Waals surface area (Å²) in [6.07, 6.45) is 11.8. The lowest BCUT2D eigenvalue weighted by molar-refractivity contribution is -0.150. The van der Waals surface area contributed by atoms with Crippen LogP contribution < -0.4 is 5.32 Å². The predicted octanol–water partition coefficient (Wildman–Crippen LogP) is 2.58. The van der Waals surface area contributed by atoms with E-state index in [-0.39, 0.29) is 17.8 Å². The molecule has 2 atom stereocenters. The van der Waals surface area contributed by atoms with Gasteiger partial charge in [0.05, 0.1) is 6.61 Å². The normalized spacial score (nSPS) is 24.4. The summed E-state index contributed by atoms with van der Waals surface area (Å²) in [6, 6.07) is -0.450. The third kappa shape index (κ3) is 4.36. The van der Waals surface area contributed by atoms with Crippen molar-refractivity contribution in [3.05, 3.63) is 12.2 Å². The van der Waals surface area contributed by atoms with E-state index in [1.54, 1.807) is 0 Å². The molecule has 4 nitrogen and oxygen atoms in total. The molecule has 2 unspecified atom stereocenters. The van der Waals surface area contributed by atoms with Gasteiger partial charge in [0.15, 0.2) is 0 Å². The van der Waals surface area contributed by atoms with Crippen molar-refractivity contribution in [2.24, 2.45) is 11.8 Å². The third-order valence-electron chi connectivity index (χ3n) is 4.32. The molecule has 0 bridgehead atoms. The molecule has 0 aromatic heterocycles. The number of hydrogen-bond acceptors (Lipinski definition) is 3. The van der Waals surface area contributed by atoms with Crippen LogP contribution in [0.25, 0.3) is 0 Å². The number of carbonyl (C=O) groups excluding carboxylic acids is 2. The minimum absolute atomic E-state index is 0.153. The molecule has 1 N–H and O–H groups in total. The summed E-state index contributed by atoms with van der Waals surface area (Å²) in [5.74, 6) is 0.282. The molecule has 2 aliphatic carbocycles. The Morgan fingerprint density at radius 1 is 1.25 bits per heavy atom. The van der Waals surface area contributed by atoms with E-state index < -0.39 is 6.04 Å². The molecule has 1 fully saturated rings. The highest BCUT2D eigenvalue weighted by Gasteiger charge is 2.32. The van der Waals surface area contributed by atoms with Gasteiger partial charge in [0.2, 0.25) is 5.91 Å². The fourth-order valence-electron chi connectivity index (χ4n) is 3.18. The number of allylic oxidation sites excluding steroid dienone is 2. The third-order valence-corrected chi connectivity index (χ3v) is 4.32. The monoisotopic (exact) mass is 279 g/mol. The number of nitrogens with one attached hydrogen (secondary N) is 1. The highest BCUT2D eigenvalue weighted by atomic mass is 16.5.